The molecule has 0 aliphatic heterocycles. The van der Waals surface area contributed by atoms with Crippen LogP contribution in [0.4, 0.5) is 5.69 Å². The Morgan fingerprint density at radius 1 is 0.868 bits per heavy atom. The second-order valence-electron chi connectivity index (χ2n) is 9.24. The molecule has 0 spiro atoms. The number of fused-ring (bicyclic) bond motifs is 1. The van der Waals surface area contributed by atoms with E-state index in [4.69, 9.17) is 0 Å². The number of anilines is 1. The lowest BCUT2D eigenvalue weighted by molar-refractivity contribution is -0.129. The van der Waals surface area contributed by atoms with E-state index in [9.17, 15) is 22.8 Å². The molecule has 1 atom stereocenters. The van der Waals surface area contributed by atoms with E-state index in [0.29, 0.717) is 37.9 Å². The molecular formula is C27H41N5O5S. The van der Waals surface area contributed by atoms with E-state index in [0.717, 1.165) is 17.5 Å². The monoisotopic (exact) mass is 547 g/mol. The first-order valence-corrected chi connectivity index (χ1v) is 14.6. The van der Waals surface area contributed by atoms with E-state index in [1.54, 1.807) is 26.0 Å². The Balaban J connectivity index is 1.75. The molecule has 0 aromatic heterocycles. The average Bonchev–Trinajstić information content (AvgIpc) is 2.89. The van der Waals surface area contributed by atoms with E-state index >= 15 is 0 Å². The number of sulfonamides is 1. The van der Waals surface area contributed by atoms with Crippen LogP contribution in [0.3, 0.4) is 0 Å². The zero-order valence-corrected chi connectivity index (χ0v) is 23.6. The van der Waals surface area contributed by atoms with E-state index in [-0.39, 0.29) is 41.9 Å². The van der Waals surface area contributed by atoms with Crippen molar-refractivity contribution in [3.8, 4) is 0 Å². The predicted molar refractivity (Wildman–Crippen MR) is 150 cm³/mol. The van der Waals surface area contributed by atoms with E-state index in [1.807, 2.05) is 43.3 Å². The van der Waals surface area contributed by atoms with Crippen molar-refractivity contribution in [1.82, 2.24) is 20.7 Å². The first kappa shape index (κ1) is 31.0. The van der Waals surface area contributed by atoms with Gasteiger partial charge in [0.25, 0.3) is 0 Å². The van der Waals surface area contributed by atoms with Crippen LogP contribution in [0.1, 0.15) is 52.4 Å². The van der Waals surface area contributed by atoms with Gasteiger partial charge in [-0.05, 0) is 38.3 Å². The molecule has 0 radical (unpaired) electrons. The molecule has 2 aromatic rings. The third kappa shape index (κ3) is 9.29. The summed E-state index contributed by atoms with van der Waals surface area (Å²) in [7, 11) is 0.172. The minimum Gasteiger partial charge on any atom is -0.377 e. The maximum absolute atomic E-state index is 13.0. The van der Waals surface area contributed by atoms with Gasteiger partial charge in [-0.1, -0.05) is 37.6 Å². The molecule has 0 saturated carbocycles. The van der Waals surface area contributed by atoms with Crippen LogP contribution in [-0.4, -0.2) is 65.9 Å². The molecule has 2 rings (SSSR count). The number of nitrogens with one attached hydrogen (secondary N) is 4. The highest BCUT2D eigenvalue weighted by Crippen LogP contribution is 2.30. The van der Waals surface area contributed by atoms with Crippen molar-refractivity contribution in [2.24, 2.45) is 0 Å². The topological polar surface area (TPSA) is 137 Å². The minimum absolute atomic E-state index is 0.117. The van der Waals surface area contributed by atoms with Crippen LogP contribution >= 0.6 is 0 Å². The number of hydrogen-bond donors (Lipinski definition) is 4. The highest BCUT2D eigenvalue weighted by atomic mass is 32.2. The fourth-order valence-corrected chi connectivity index (χ4v) is 5.35. The first-order chi connectivity index (χ1) is 18.1. The van der Waals surface area contributed by atoms with Crippen LogP contribution in [0.2, 0.25) is 0 Å². The Labute approximate surface area is 226 Å². The van der Waals surface area contributed by atoms with Crippen molar-refractivity contribution >= 4 is 44.2 Å². The normalized spacial score (nSPS) is 12.1. The van der Waals surface area contributed by atoms with Gasteiger partial charge in [0.15, 0.2) is 0 Å². The predicted octanol–water partition coefficient (Wildman–Crippen LogP) is 2.28. The lowest BCUT2D eigenvalue weighted by atomic mass is 10.1. The zero-order chi connectivity index (χ0) is 28.1. The SMILES string of the molecule is CCNC(=O)C(CCC(=O)NCCCCCNS(=O)(=O)c1cccc2c(N(C)C)cccc12)NC(=O)CC. The first-order valence-electron chi connectivity index (χ1n) is 13.1. The highest BCUT2D eigenvalue weighted by Gasteiger charge is 2.21. The molecule has 0 fully saturated rings. The fraction of sp³-hybridized carbons (Fsp3) is 0.519. The zero-order valence-electron chi connectivity index (χ0n) is 22.8. The van der Waals surface area contributed by atoms with Crippen molar-refractivity contribution in [2.45, 2.75) is 63.3 Å². The second kappa shape index (κ2) is 15.3. The van der Waals surface area contributed by atoms with Crippen molar-refractivity contribution in [2.75, 3.05) is 38.6 Å². The average molecular weight is 548 g/mol. The van der Waals surface area contributed by atoms with Crippen LogP contribution in [0.15, 0.2) is 41.3 Å². The van der Waals surface area contributed by atoms with Gasteiger partial charge >= 0.3 is 0 Å². The van der Waals surface area contributed by atoms with E-state index in [1.165, 1.54) is 0 Å². The van der Waals surface area contributed by atoms with Crippen LogP contribution in [-0.2, 0) is 24.4 Å². The van der Waals surface area contributed by atoms with Gasteiger partial charge in [-0.15, -0.1) is 0 Å². The lowest BCUT2D eigenvalue weighted by Gasteiger charge is -2.17. The summed E-state index contributed by atoms with van der Waals surface area (Å²) >= 11 is 0. The molecule has 2 aromatic carbocycles. The summed E-state index contributed by atoms with van der Waals surface area (Å²) in [5.74, 6) is -0.735. The summed E-state index contributed by atoms with van der Waals surface area (Å²) in [4.78, 5) is 38.2. The van der Waals surface area contributed by atoms with Crippen molar-refractivity contribution in [3.05, 3.63) is 36.4 Å². The highest BCUT2D eigenvalue weighted by molar-refractivity contribution is 7.89. The van der Waals surface area contributed by atoms with Crippen molar-refractivity contribution in [3.63, 3.8) is 0 Å². The Bertz CT molecular complexity index is 1200. The molecule has 1 unspecified atom stereocenters. The van der Waals surface area contributed by atoms with Crippen LogP contribution in [0.25, 0.3) is 10.8 Å². The second-order valence-corrected chi connectivity index (χ2v) is 11.0. The van der Waals surface area contributed by atoms with Crippen LogP contribution in [0, 0.1) is 0 Å². The van der Waals surface area contributed by atoms with Crippen molar-refractivity contribution < 1.29 is 22.8 Å². The number of benzene rings is 2. The number of hydrogen-bond acceptors (Lipinski definition) is 6. The molecule has 0 bridgehead atoms. The fourth-order valence-electron chi connectivity index (χ4n) is 4.05. The number of unbranched alkanes of at least 4 members (excludes halogenated alkanes) is 2. The van der Waals surface area contributed by atoms with Crippen LogP contribution < -0.4 is 25.6 Å². The summed E-state index contributed by atoms with van der Waals surface area (Å²) in [6.07, 6.45) is 2.65. The van der Waals surface area contributed by atoms with E-state index in [2.05, 4.69) is 20.7 Å². The third-order valence-electron chi connectivity index (χ3n) is 6.08. The Morgan fingerprint density at radius 2 is 1.55 bits per heavy atom. The molecule has 0 aliphatic rings. The maximum atomic E-state index is 13.0. The minimum atomic E-state index is -3.67. The van der Waals surface area contributed by atoms with Gasteiger partial charge in [-0.3, -0.25) is 14.4 Å². The van der Waals surface area contributed by atoms with Crippen LogP contribution in [0.5, 0.6) is 0 Å². The largest absolute Gasteiger partial charge is 0.377 e. The molecule has 0 aliphatic carbocycles. The molecule has 3 amide bonds. The molecule has 0 saturated heterocycles. The summed E-state index contributed by atoms with van der Waals surface area (Å²) in [6.45, 7) is 4.69. The van der Waals surface area contributed by atoms with Gasteiger partial charge in [0, 0.05) is 63.0 Å². The lowest BCUT2D eigenvalue weighted by Crippen LogP contribution is -2.47. The molecule has 11 heteroatoms. The molecular weight excluding hydrogens is 506 g/mol. The summed E-state index contributed by atoms with van der Waals surface area (Å²) in [6, 6.07) is 10.2. The molecule has 4 N–H and O–H groups in total. The Kier molecular flexibility index (Phi) is 12.5. The van der Waals surface area contributed by atoms with Gasteiger partial charge in [0.05, 0.1) is 4.90 Å². The number of nitrogens with zero attached hydrogens (tertiary/aromatic N) is 1. The summed E-state index contributed by atoms with van der Waals surface area (Å²) in [5, 5.41) is 9.69. The maximum Gasteiger partial charge on any atom is 0.242 e. The molecule has 10 nitrogen and oxygen atoms in total. The smallest absolute Gasteiger partial charge is 0.242 e. The summed E-state index contributed by atoms with van der Waals surface area (Å²) < 4.78 is 28.6. The van der Waals surface area contributed by atoms with Gasteiger partial charge in [-0.2, -0.15) is 0 Å². The standard InChI is InChI=1S/C27H41N5O5S/c1-5-25(33)31-22(27(35)28-6-2)16-17-26(34)29-18-8-7-9-19-30-38(36,37)24-15-11-12-20-21(24)13-10-14-23(20)32(3)4/h10-15,22,30H,5-9,16-19H2,1-4H3,(H,28,35)(H,29,34)(H,31,33). The van der Waals surface area contributed by atoms with Gasteiger partial charge in [0.1, 0.15) is 6.04 Å². The number of amides is 3. The number of likely N-dealkylation sites (N-methyl/N-ethyl adjacent to an activating group) is 1. The summed E-state index contributed by atoms with van der Waals surface area (Å²) in [5.41, 5.74) is 0.951. The van der Waals surface area contributed by atoms with Gasteiger partial charge in [0.2, 0.25) is 27.7 Å². The number of rotatable bonds is 16. The van der Waals surface area contributed by atoms with Gasteiger partial charge in [-0.25, -0.2) is 13.1 Å². The molecule has 0 heterocycles. The molecule has 210 valence electrons. The molecule has 38 heavy (non-hydrogen) atoms. The van der Waals surface area contributed by atoms with Crippen molar-refractivity contribution in [1.29, 1.82) is 0 Å². The number of carbonyl (C=O) groups excluding carboxylic acids is 3. The Hall–Kier alpha value is -3.18. The third-order valence-corrected chi connectivity index (χ3v) is 7.60. The van der Waals surface area contributed by atoms with E-state index < -0.39 is 16.1 Å². The quantitative estimate of drug-likeness (QED) is 0.238. The number of carbonyl (C=O) groups is 3. The Morgan fingerprint density at radius 3 is 2.24 bits per heavy atom. The van der Waals surface area contributed by atoms with Gasteiger partial charge < -0.3 is 20.9 Å².